The molecule has 0 atom stereocenters. The van der Waals surface area contributed by atoms with Gasteiger partial charge in [0.15, 0.2) is 0 Å². The molecule has 1 N–H and O–H groups in total. The maximum atomic E-state index is 9.72. The van der Waals surface area contributed by atoms with E-state index in [0.717, 1.165) is 21.7 Å². The van der Waals surface area contributed by atoms with Crippen LogP contribution in [0.3, 0.4) is 0 Å². The minimum Gasteiger partial charge on any atom is -0.493 e. The molecule has 1 aromatic heterocycles. The number of benzene rings is 1. The van der Waals surface area contributed by atoms with Gasteiger partial charge in [0, 0.05) is 23.1 Å². The fourth-order valence-corrected chi connectivity index (χ4v) is 2.58. The van der Waals surface area contributed by atoms with Gasteiger partial charge in [-0.1, -0.05) is 17.7 Å². The zero-order valence-corrected chi connectivity index (χ0v) is 11.4. The van der Waals surface area contributed by atoms with Crippen molar-refractivity contribution in [3.63, 3.8) is 0 Å². The average molecular weight is 269 g/mol. The Morgan fingerprint density at radius 3 is 2.59 bits per heavy atom. The third-order valence-electron chi connectivity index (χ3n) is 2.67. The summed E-state index contributed by atoms with van der Waals surface area (Å²) < 4.78 is 1.46. The molecule has 1 aromatic carbocycles. The van der Waals surface area contributed by atoms with Crippen LogP contribution in [0.4, 0.5) is 0 Å². The third-order valence-corrected chi connectivity index (χ3v) is 3.89. The smallest absolute Gasteiger partial charge is 0.212 e. The summed E-state index contributed by atoms with van der Waals surface area (Å²) in [5.74, 6) is 0.185. The number of aryl methyl sites for hydroxylation is 1. The molecule has 5 heteroatoms. The van der Waals surface area contributed by atoms with E-state index < -0.39 is 0 Å². The molecule has 0 bridgehead atoms. The second-order valence-corrected chi connectivity index (χ2v) is 5.03. The van der Waals surface area contributed by atoms with Crippen LogP contribution >= 0.6 is 23.4 Å². The van der Waals surface area contributed by atoms with Gasteiger partial charge < -0.3 is 5.11 Å². The van der Waals surface area contributed by atoms with Gasteiger partial charge in [0.25, 0.3) is 0 Å². The normalized spacial score (nSPS) is 10.8. The maximum absolute atomic E-state index is 9.72. The van der Waals surface area contributed by atoms with Gasteiger partial charge in [-0.2, -0.15) is 5.10 Å². The fraction of sp³-hybridized carbons (Fsp3) is 0.250. The molecule has 0 amide bonds. The van der Waals surface area contributed by atoms with E-state index >= 15 is 0 Å². The molecule has 0 aliphatic heterocycles. The van der Waals surface area contributed by atoms with Crippen molar-refractivity contribution in [1.29, 1.82) is 0 Å². The van der Waals surface area contributed by atoms with Crippen LogP contribution in [0.25, 0.3) is 11.3 Å². The van der Waals surface area contributed by atoms with Crippen molar-refractivity contribution in [2.45, 2.75) is 11.8 Å². The van der Waals surface area contributed by atoms with Crippen LogP contribution in [0.2, 0.25) is 5.02 Å². The lowest BCUT2D eigenvalue weighted by Gasteiger charge is -2.03. The lowest BCUT2D eigenvalue weighted by Crippen LogP contribution is -1.89. The zero-order valence-electron chi connectivity index (χ0n) is 9.86. The van der Waals surface area contributed by atoms with Gasteiger partial charge in [0.05, 0.1) is 10.7 Å². The summed E-state index contributed by atoms with van der Waals surface area (Å²) in [5.41, 5.74) is 2.45. The van der Waals surface area contributed by atoms with E-state index in [-0.39, 0.29) is 5.88 Å². The molecule has 0 saturated heterocycles. The van der Waals surface area contributed by atoms with E-state index in [0.29, 0.717) is 5.02 Å². The van der Waals surface area contributed by atoms with Gasteiger partial charge in [0.2, 0.25) is 5.88 Å². The summed E-state index contributed by atoms with van der Waals surface area (Å²) in [6, 6.07) is 5.81. The molecule has 0 fully saturated rings. The van der Waals surface area contributed by atoms with Crippen molar-refractivity contribution in [3.05, 3.63) is 28.8 Å². The molecule has 2 aromatic rings. The van der Waals surface area contributed by atoms with Crippen LogP contribution in [-0.2, 0) is 7.05 Å². The van der Waals surface area contributed by atoms with Gasteiger partial charge in [-0.05, 0) is 25.3 Å². The van der Waals surface area contributed by atoms with Gasteiger partial charge >= 0.3 is 0 Å². The Morgan fingerprint density at radius 2 is 2.12 bits per heavy atom. The minimum absolute atomic E-state index is 0.185. The first-order valence-electron chi connectivity index (χ1n) is 5.11. The SMILES string of the molecule is CSc1ccc(-c2nn(C)c(O)c2C)cc1Cl. The lowest BCUT2D eigenvalue weighted by atomic mass is 10.1. The monoisotopic (exact) mass is 268 g/mol. The number of halogens is 1. The summed E-state index contributed by atoms with van der Waals surface area (Å²) in [4.78, 5) is 1.04. The van der Waals surface area contributed by atoms with Crippen molar-refractivity contribution >= 4 is 23.4 Å². The van der Waals surface area contributed by atoms with Gasteiger partial charge in [0.1, 0.15) is 0 Å². The van der Waals surface area contributed by atoms with Crippen LogP contribution in [0.5, 0.6) is 5.88 Å². The van der Waals surface area contributed by atoms with E-state index in [1.54, 1.807) is 18.8 Å². The van der Waals surface area contributed by atoms with Crippen molar-refractivity contribution in [2.24, 2.45) is 7.05 Å². The van der Waals surface area contributed by atoms with Crippen molar-refractivity contribution in [2.75, 3.05) is 6.26 Å². The molecule has 1 heterocycles. The topological polar surface area (TPSA) is 38.0 Å². The minimum atomic E-state index is 0.185. The molecule has 0 spiro atoms. The highest BCUT2D eigenvalue weighted by atomic mass is 35.5. The first-order valence-corrected chi connectivity index (χ1v) is 6.71. The fourth-order valence-electron chi connectivity index (χ4n) is 1.71. The summed E-state index contributed by atoms with van der Waals surface area (Å²) in [6.45, 7) is 1.84. The van der Waals surface area contributed by atoms with Crippen LogP contribution in [-0.4, -0.2) is 21.1 Å². The number of hydrogen-bond acceptors (Lipinski definition) is 3. The molecule has 0 aliphatic rings. The Hall–Kier alpha value is -1.13. The Kier molecular flexibility index (Phi) is 3.35. The number of rotatable bonds is 2. The highest BCUT2D eigenvalue weighted by molar-refractivity contribution is 7.98. The predicted molar refractivity (Wildman–Crippen MR) is 71.8 cm³/mol. The Labute approximate surface area is 109 Å². The standard InChI is InChI=1S/C12H13ClN2OS/c1-7-11(14-15(2)12(7)16)8-4-5-10(17-3)9(13)6-8/h4-6,16H,1-3H3. The van der Waals surface area contributed by atoms with E-state index in [1.165, 1.54) is 4.68 Å². The molecule has 0 unspecified atom stereocenters. The number of hydrogen-bond donors (Lipinski definition) is 1. The Bertz CT molecular complexity index is 566. The summed E-state index contributed by atoms with van der Waals surface area (Å²) in [5, 5.41) is 14.7. The third kappa shape index (κ3) is 2.15. The summed E-state index contributed by atoms with van der Waals surface area (Å²) >= 11 is 7.77. The summed E-state index contributed by atoms with van der Waals surface area (Å²) in [6.07, 6.45) is 1.98. The Balaban J connectivity index is 2.53. The number of aromatic nitrogens is 2. The van der Waals surface area contributed by atoms with E-state index in [1.807, 2.05) is 31.4 Å². The highest BCUT2D eigenvalue weighted by Gasteiger charge is 2.13. The van der Waals surface area contributed by atoms with Gasteiger partial charge in [-0.15, -0.1) is 11.8 Å². The Morgan fingerprint density at radius 1 is 1.41 bits per heavy atom. The molecule has 0 saturated carbocycles. The van der Waals surface area contributed by atoms with E-state index in [2.05, 4.69) is 5.10 Å². The molecular weight excluding hydrogens is 256 g/mol. The van der Waals surface area contributed by atoms with Gasteiger partial charge in [-0.3, -0.25) is 0 Å². The molecule has 2 rings (SSSR count). The number of nitrogens with zero attached hydrogens (tertiary/aromatic N) is 2. The molecule has 3 nitrogen and oxygen atoms in total. The van der Waals surface area contributed by atoms with Crippen LogP contribution in [0, 0.1) is 6.92 Å². The highest BCUT2D eigenvalue weighted by Crippen LogP contribution is 2.33. The van der Waals surface area contributed by atoms with Crippen LogP contribution < -0.4 is 0 Å². The summed E-state index contributed by atoms with van der Waals surface area (Å²) in [7, 11) is 1.71. The second kappa shape index (κ2) is 4.63. The molecule has 0 aliphatic carbocycles. The average Bonchev–Trinajstić information content (AvgIpc) is 2.57. The molecule has 17 heavy (non-hydrogen) atoms. The van der Waals surface area contributed by atoms with Crippen molar-refractivity contribution in [1.82, 2.24) is 9.78 Å². The zero-order chi connectivity index (χ0) is 12.6. The van der Waals surface area contributed by atoms with Gasteiger partial charge in [-0.25, -0.2) is 4.68 Å². The first-order chi connectivity index (χ1) is 8.04. The molecular formula is C12H13ClN2OS. The van der Waals surface area contributed by atoms with Crippen LogP contribution in [0.15, 0.2) is 23.1 Å². The maximum Gasteiger partial charge on any atom is 0.212 e. The van der Waals surface area contributed by atoms with Crippen molar-refractivity contribution in [3.8, 4) is 17.1 Å². The molecule has 0 radical (unpaired) electrons. The quantitative estimate of drug-likeness (QED) is 0.848. The number of aromatic hydroxyl groups is 1. The van der Waals surface area contributed by atoms with Crippen molar-refractivity contribution < 1.29 is 5.11 Å². The largest absolute Gasteiger partial charge is 0.493 e. The second-order valence-electron chi connectivity index (χ2n) is 3.77. The predicted octanol–water partition coefficient (Wildman–Crippen LogP) is 3.48. The van der Waals surface area contributed by atoms with E-state index in [9.17, 15) is 5.11 Å². The lowest BCUT2D eigenvalue weighted by molar-refractivity contribution is 0.416. The first kappa shape index (κ1) is 12.3. The van der Waals surface area contributed by atoms with E-state index in [4.69, 9.17) is 11.6 Å². The van der Waals surface area contributed by atoms with Crippen LogP contribution in [0.1, 0.15) is 5.56 Å². The molecule has 90 valence electrons. The number of thioether (sulfide) groups is 1.